The Morgan fingerprint density at radius 1 is 1.38 bits per heavy atom. The van der Waals surface area contributed by atoms with Crippen LogP contribution in [-0.2, 0) is 0 Å². The number of nitrogens with one attached hydrogen (secondary N) is 1. The molecule has 0 saturated carbocycles. The van der Waals surface area contributed by atoms with Crippen LogP contribution in [0.25, 0.3) is 0 Å². The predicted molar refractivity (Wildman–Crippen MR) is 96.3 cm³/mol. The zero-order valence-corrected chi connectivity index (χ0v) is 14.7. The molecule has 1 N–H and O–H groups in total. The number of halogens is 1. The van der Waals surface area contributed by atoms with Crippen LogP contribution in [0.15, 0.2) is 24.5 Å². The van der Waals surface area contributed by atoms with Crippen LogP contribution in [0.3, 0.4) is 0 Å². The van der Waals surface area contributed by atoms with Gasteiger partial charge in [0.05, 0.1) is 4.92 Å². The minimum atomic E-state index is -0.462. The fourth-order valence-corrected chi connectivity index (χ4v) is 2.40. The molecule has 0 bridgehead atoms. The summed E-state index contributed by atoms with van der Waals surface area (Å²) in [6.45, 7) is 4.64. The van der Waals surface area contributed by atoms with Gasteiger partial charge in [0.15, 0.2) is 0 Å². The summed E-state index contributed by atoms with van der Waals surface area (Å²) in [5.41, 5.74) is 1.42. The van der Waals surface area contributed by atoms with Gasteiger partial charge in [-0.15, -0.1) is 0 Å². The van der Waals surface area contributed by atoms with Gasteiger partial charge >= 0.3 is 5.69 Å². The summed E-state index contributed by atoms with van der Waals surface area (Å²) in [7, 11) is 1.79. The molecule has 0 unspecified atom stereocenters. The summed E-state index contributed by atoms with van der Waals surface area (Å²) in [6.07, 6.45) is 3.24. The van der Waals surface area contributed by atoms with Gasteiger partial charge in [-0.05, 0) is 31.0 Å². The van der Waals surface area contributed by atoms with Gasteiger partial charge in [0.2, 0.25) is 11.6 Å². The van der Waals surface area contributed by atoms with E-state index in [0.717, 1.165) is 18.4 Å². The van der Waals surface area contributed by atoms with E-state index in [0.29, 0.717) is 23.1 Å². The Bertz CT molecular complexity index is 738. The first kappa shape index (κ1) is 17.9. The molecule has 2 rings (SSSR count). The van der Waals surface area contributed by atoms with Crippen molar-refractivity contribution in [2.45, 2.75) is 26.7 Å². The molecule has 0 saturated heterocycles. The van der Waals surface area contributed by atoms with Crippen LogP contribution in [0.1, 0.15) is 25.3 Å². The van der Waals surface area contributed by atoms with Crippen molar-refractivity contribution in [1.82, 2.24) is 9.97 Å². The highest BCUT2D eigenvalue weighted by atomic mass is 35.5. The van der Waals surface area contributed by atoms with E-state index in [2.05, 4.69) is 22.2 Å². The summed E-state index contributed by atoms with van der Waals surface area (Å²) in [5, 5.41) is 15.1. The van der Waals surface area contributed by atoms with E-state index in [1.165, 1.54) is 6.33 Å². The number of unbranched alkanes of at least 4 members (excludes halogenated alkanes) is 1. The largest absolute Gasteiger partial charge is 0.354 e. The Balaban J connectivity index is 2.38. The molecule has 0 fully saturated rings. The van der Waals surface area contributed by atoms with Crippen molar-refractivity contribution in [3.63, 3.8) is 0 Å². The first-order valence-electron chi connectivity index (χ1n) is 7.67. The monoisotopic (exact) mass is 349 g/mol. The normalized spacial score (nSPS) is 10.5. The molecule has 0 amide bonds. The van der Waals surface area contributed by atoms with Crippen LogP contribution in [-0.4, -0.2) is 28.5 Å². The third kappa shape index (κ3) is 4.11. The van der Waals surface area contributed by atoms with Crippen LogP contribution in [0.4, 0.5) is 23.0 Å². The smallest absolute Gasteiger partial charge is 0.353 e. The van der Waals surface area contributed by atoms with Crippen LogP contribution < -0.4 is 10.2 Å². The highest BCUT2D eigenvalue weighted by Crippen LogP contribution is 2.33. The number of aromatic nitrogens is 2. The quantitative estimate of drug-likeness (QED) is 0.591. The van der Waals surface area contributed by atoms with Crippen molar-refractivity contribution in [3.05, 3.63) is 45.2 Å². The molecule has 8 heteroatoms. The number of nitro groups is 1. The second kappa shape index (κ2) is 7.92. The summed E-state index contributed by atoms with van der Waals surface area (Å²) in [5.74, 6) is 0.442. The Labute approximate surface area is 145 Å². The average molecular weight is 350 g/mol. The van der Waals surface area contributed by atoms with Crippen molar-refractivity contribution in [3.8, 4) is 0 Å². The van der Waals surface area contributed by atoms with Gasteiger partial charge in [-0.3, -0.25) is 10.1 Å². The van der Waals surface area contributed by atoms with Crippen LogP contribution >= 0.6 is 11.6 Å². The first-order valence-corrected chi connectivity index (χ1v) is 8.05. The number of hydrogen-bond donors (Lipinski definition) is 1. The second-order valence-corrected chi connectivity index (χ2v) is 5.92. The van der Waals surface area contributed by atoms with E-state index in [4.69, 9.17) is 11.6 Å². The number of rotatable bonds is 7. The number of anilines is 3. The van der Waals surface area contributed by atoms with E-state index in [1.807, 2.05) is 13.0 Å². The Hall–Kier alpha value is -2.41. The van der Waals surface area contributed by atoms with E-state index in [9.17, 15) is 10.1 Å². The standard InChI is InChI=1S/C16H20ClN5O2/c1-4-5-8-21(3)16-14(22(23)24)15(18-10-19-16)20-12-7-6-11(2)13(17)9-12/h6-7,9-10H,4-5,8H2,1-3H3,(H,18,19,20). The second-order valence-electron chi connectivity index (χ2n) is 5.52. The number of aryl methyl sites for hydroxylation is 1. The molecule has 1 aromatic heterocycles. The lowest BCUT2D eigenvalue weighted by Gasteiger charge is -2.18. The molecule has 1 aromatic carbocycles. The summed E-state index contributed by atoms with van der Waals surface area (Å²) >= 11 is 6.11. The van der Waals surface area contributed by atoms with Gasteiger partial charge < -0.3 is 10.2 Å². The summed E-state index contributed by atoms with van der Waals surface area (Å²) in [6, 6.07) is 5.35. The summed E-state index contributed by atoms with van der Waals surface area (Å²) < 4.78 is 0. The van der Waals surface area contributed by atoms with E-state index < -0.39 is 4.92 Å². The highest BCUT2D eigenvalue weighted by Gasteiger charge is 2.25. The minimum absolute atomic E-state index is 0.146. The van der Waals surface area contributed by atoms with E-state index in [1.54, 1.807) is 24.1 Å². The molecule has 0 spiro atoms. The Kier molecular flexibility index (Phi) is 5.92. The zero-order valence-electron chi connectivity index (χ0n) is 13.9. The third-order valence-electron chi connectivity index (χ3n) is 3.63. The van der Waals surface area contributed by atoms with Crippen molar-refractivity contribution < 1.29 is 4.92 Å². The van der Waals surface area contributed by atoms with E-state index in [-0.39, 0.29) is 11.5 Å². The number of nitrogens with zero attached hydrogens (tertiary/aromatic N) is 4. The highest BCUT2D eigenvalue weighted by molar-refractivity contribution is 6.31. The first-order chi connectivity index (χ1) is 11.4. The Morgan fingerprint density at radius 3 is 2.75 bits per heavy atom. The molecule has 128 valence electrons. The van der Waals surface area contributed by atoms with Gasteiger partial charge in [0.1, 0.15) is 6.33 Å². The lowest BCUT2D eigenvalue weighted by atomic mass is 10.2. The van der Waals surface area contributed by atoms with Gasteiger partial charge in [0, 0.05) is 24.3 Å². The van der Waals surface area contributed by atoms with Gasteiger partial charge in [0.25, 0.3) is 0 Å². The average Bonchev–Trinajstić information content (AvgIpc) is 2.55. The fraction of sp³-hybridized carbons (Fsp3) is 0.375. The zero-order chi connectivity index (χ0) is 17.7. The van der Waals surface area contributed by atoms with Crippen LogP contribution in [0.2, 0.25) is 5.02 Å². The molecule has 2 aromatic rings. The van der Waals surface area contributed by atoms with Gasteiger partial charge in [-0.1, -0.05) is 31.0 Å². The number of benzene rings is 1. The third-order valence-corrected chi connectivity index (χ3v) is 4.04. The molecule has 0 aliphatic rings. The molecule has 0 radical (unpaired) electrons. The fourth-order valence-electron chi connectivity index (χ4n) is 2.22. The van der Waals surface area contributed by atoms with Crippen LogP contribution in [0.5, 0.6) is 0 Å². The van der Waals surface area contributed by atoms with Gasteiger partial charge in [-0.25, -0.2) is 9.97 Å². The van der Waals surface area contributed by atoms with Crippen LogP contribution in [0, 0.1) is 17.0 Å². The van der Waals surface area contributed by atoms with Gasteiger partial charge in [-0.2, -0.15) is 0 Å². The molecule has 0 atom stereocenters. The molecular formula is C16H20ClN5O2. The maximum atomic E-state index is 11.6. The van der Waals surface area contributed by atoms with Crippen molar-refractivity contribution in [1.29, 1.82) is 0 Å². The van der Waals surface area contributed by atoms with Crippen molar-refractivity contribution in [2.75, 3.05) is 23.8 Å². The summed E-state index contributed by atoms with van der Waals surface area (Å²) in [4.78, 5) is 21.0. The molecule has 1 heterocycles. The minimum Gasteiger partial charge on any atom is -0.354 e. The molecular weight excluding hydrogens is 330 g/mol. The maximum Gasteiger partial charge on any atom is 0.353 e. The topological polar surface area (TPSA) is 84.2 Å². The molecule has 24 heavy (non-hydrogen) atoms. The SMILES string of the molecule is CCCCN(C)c1ncnc(Nc2ccc(C)c(Cl)c2)c1[N+](=O)[O-]. The van der Waals surface area contributed by atoms with Crippen molar-refractivity contribution >= 4 is 34.6 Å². The predicted octanol–water partition coefficient (Wildman–Crippen LogP) is 4.33. The maximum absolute atomic E-state index is 11.6. The lowest BCUT2D eigenvalue weighted by Crippen LogP contribution is -2.21. The van der Waals surface area contributed by atoms with Crippen molar-refractivity contribution in [2.24, 2.45) is 0 Å². The molecule has 0 aliphatic heterocycles. The van der Waals surface area contributed by atoms with E-state index >= 15 is 0 Å². The molecule has 7 nitrogen and oxygen atoms in total. The lowest BCUT2D eigenvalue weighted by molar-refractivity contribution is -0.383. The molecule has 0 aliphatic carbocycles. The number of hydrogen-bond acceptors (Lipinski definition) is 6. The Morgan fingerprint density at radius 2 is 2.12 bits per heavy atom.